The second-order valence-electron chi connectivity index (χ2n) is 6.28. The number of hydrogen-bond acceptors (Lipinski definition) is 3. The van der Waals surface area contributed by atoms with Crippen LogP contribution in [0.4, 0.5) is 0 Å². The lowest BCUT2D eigenvalue weighted by molar-refractivity contribution is 0.0642. The molecular weight excluding hydrogens is 276 g/mol. The van der Waals surface area contributed by atoms with Crippen LogP contribution in [0.3, 0.4) is 0 Å². The Hall–Kier alpha value is -2.14. The predicted octanol–water partition coefficient (Wildman–Crippen LogP) is 1.76. The lowest BCUT2D eigenvalue weighted by Crippen LogP contribution is -2.43. The highest BCUT2D eigenvalue weighted by atomic mass is 16.2. The molecule has 0 aliphatic carbocycles. The summed E-state index contributed by atoms with van der Waals surface area (Å²) >= 11 is 0. The van der Waals surface area contributed by atoms with Crippen molar-refractivity contribution in [1.82, 2.24) is 20.4 Å². The highest BCUT2D eigenvalue weighted by Gasteiger charge is 2.34. The van der Waals surface area contributed by atoms with Gasteiger partial charge in [-0.2, -0.15) is 5.10 Å². The average molecular weight is 296 g/mol. The van der Waals surface area contributed by atoms with Gasteiger partial charge in [-0.05, 0) is 49.0 Å². The van der Waals surface area contributed by atoms with Crippen LogP contribution in [0.2, 0.25) is 0 Å². The average Bonchev–Trinajstić information content (AvgIpc) is 3.25. The Morgan fingerprint density at radius 3 is 2.73 bits per heavy atom. The van der Waals surface area contributed by atoms with E-state index in [4.69, 9.17) is 0 Å². The summed E-state index contributed by atoms with van der Waals surface area (Å²) < 4.78 is 0. The van der Waals surface area contributed by atoms with E-state index < -0.39 is 0 Å². The third-order valence-electron chi connectivity index (χ3n) is 4.96. The van der Waals surface area contributed by atoms with Crippen LogP contribution in [-0.4, -0.2) is 47.2 Å². The maximum absolute atomic E-state index is 12.7. The van der Waals surface area contributed by atoms with Crippen molar-refractivity contribution in [1.29, 1.82) is 0 Å². The third-order valence-corrected chi connectivity index (χ3v) is 4.96. The molecule has 0 radical (unpaired) electrons. The van der Waals surface area contributed by atoms with E-state index in [9.17, 15) is 4.79 Å². The number of H-pyrrole nitrogens is 1. The number of aromatic amines is 1. The van der Waals surface area contributed by atoms with Crippen LogP contribution in [0.1, 0.15) is 16.8 Å². The van der Waals surface area contributed by atoms with E-state index in [-0.39, 0.29) is 5.91 Å². The van der Waals surface area contributed by atoms with Crippen molar-refractivity contribution in [2.45, 2.75) is 6.42 Å². The first-order valence-electron chi connectivity index (χ1n) is 7.90. The number of carbonyl (C=O) groups excluding carboxylic acids is 1. The number of carbonyl (C=O) groups is 1. The molecule has 2 atom stereocenters. The van der Waals surface area contributed by atoms with Gasteiger partial charge in [-0.15, -0.1) is 0 Å². The van der Waals surface area contributed by atoms with Crippen molar-refractivity contribution in [2.75, 3.05) is 26.2 Å². The van der Waals surface area contributed by atoms with Crippen LogP contribution in [0.25, 0.3) is 11.1 Å². The lowest BCUT2D eigenvalue weighted by atomic mass is 9.88. The van der Waals surface area contributed by atoms with Gasteiger partial charge in [-0.25, -0.2) is 0 Å². The number of amides is 1. The summed E-state index contributed by atoms with van der Waals surface area (Å²) in [6.45, 7) is 3.94. The standard InChI is InChI=1S/C17H20N4O/c22-17(21-6-5-14-7-18-8-16(14)11-21)13-3-1-12(2-4-13)15-9-19-20-10-15/h1-4,9-10,14,16,18H,5-8,11H2,(H,19,20)/t14-,16-/m1/s1. The van der Waals surface area contributed by atoms with Crippen LogP contribution in [-0.2, 0) is 0 Å². The SMILES string of the molecule is O=C(c1ccc(-c2cn[nH]c2)cc1)N1CC[C@@H]2CNC[C@@H]2C1. The Labute approximate surface area is 129 Å². The van der Waals surface area contributed by atoms with E-state index in [2.05, 4.69) is 15.5 Å². The molecular formula is C17H20N4O. The largest absolute Gasteiger partial charge is 0.338 e. The van der Waals surface area contributed by atoms with Crippen molar-refractivity contribution >= 4 is 5.91 Å². The first kappa shape index (κ1) is 13.5. The summed E-state index contributed by atoms with van der Waals surface area (Å²) in [7, 11) is 0. The van der Waals surface area contributed by atoms with Crippen molar-refractivity contribution in [3.63, 3.8) is 0 Å². The zero-order valence-corrected chi connectivity index (χ0v) is 12.5. The number of aromatic nitrogens is 2. The molecule has 0 spiro atoms. The van der Waals surface area contributed by atoms with Gasteiger partial charge >= 0.3 is 0 Å². The summed E-state index contributed by atoms with van der Waals surface area (Å²) in [4.78, 5) is 14.7. The molecule has 1 aromatic carbocycles. The van der Waals surface area contributed by atoms with Gasteiger partial charge in [0.2, 0.25) is 0 Å². The quantitative estimate of drug-likeness (QED) is 0.887. The molecule has 2 aliphatic rings. The van der Waals surface area contributed by atoms with E-state index in [0.29, 0.717) is 5.92 Å². The van der Waals surface area contributed by atoms with Crippen molar-refractivity contribution in [3.8, 4) is 11.1 Å². The molecule has 1 amide bonds. The smallest absolute Gasteiger partial charge is 0.253 e. The highest BCUT2D eigenvalue weighted by molar-refractivity contribution is 5.94. The second-order valence-corrected chi connectivity index (χ2v) is 6.28. The van der Waals surface area contributed by atoms with Crippen LogP contribution in [0.15, 0.2) is 36.7 Å². The second kappa shape index (κ2) is 5.57. The first-order valence-corrected chi connectivity index (χ1v) is 7.90. The summed E-state index contributed by atoms with van der Waals surface area (Å²) in [5.41, 5.74) is 2.89. The van der Waals surface area contributed by atoms with Gasteiger partial charge in [0.15, 0.2) is 0 Å². The van der Waals surface area contributed by atoms with E-state index in [1.807, 2.05) is 35.4 Å². The third kappa shape index (κ3) is 2.41. The Morgan fingerprint density at radius 1 is 1.14 bits per heavy atom. The Bertz CT molecular complexity index is 650. The number of likely N-dealkylation sites (tertiary alicyclic amines) is 1. The maximum Gasteiger partial charge on any atom is 0.253 e. The number of piperidine rings is 1. The van der Waals surface area contributed by atoms with Gasteiger partial charge in [-0.3, -0.25) is 9.89 Å². The van der Waals surface area contributed by atoms with E-state index >= 15 is 0 Å². The Morgan fingerprint density at radius 2 is 1.95 bits per heavy atom. The van der Waals surface area contributed by atoms with Gasteiger partial charge in [-0.1, -0.05) is 12.1 Å². The number of rotatable bonds is 2. The fourth-order valence-electron chi connectivity index (χ4n) is 3.62. The van der Waals surface area contributed by atoms with Gasteiger partial charge in [0.25, 0.3) is 5.91 Å². The summed E-state index contributed by atoms with van der Waals surface area (Å²) in [5, 5.41) is 10.2. The minimum atomic E-state index is 0.157. The number of fused-ring (bicyclic) bond motifs is 1. The van der Waals surface area contributed by atoms with E-state index in [0.717, 1.165) is 55.2 Å². The van der Waals surface area contributed by atoms with E-state index in [1.165, 1.54) is 0 Å². The zero-order chi connectivity index (χ0) is 14.9. The van der Waals surface area contributed by atoms with Crippen LogP contribution >= 0.6 is 0 Å². The highest BCUT2D eigenvalue weighted by Crippen LogP contribution is 2.27. The van der Waals surface area contributed by atoms with Gasteiger partial charge in [0.1, 0.15) is 0 Å². The number of nitrogens with zero attached hydrogens (tertiary/aromatic N) is 2. The molecule has 3 heterocycles. The first-order chi connectivity index (χ1) is 10.8. The molecule has 2 aliphatic heterocycles. The van der Waals surface area contributed by atoms with Gasteiger partial charge in [0.05, 0.1) is 6.20 Å². The molecule has 5 heteroatoms. The Kier molecular flexibility index (Phi) is 3.42. The van der Waals surface area contributed by atoms with Gasteiger partial charge < -0.3 is 10.2 Å². The fraction of sp³-hybridized carbons (Fsp3) is 0.412. The number of hydrogen-bond donors (Lipinski definition) is 2. The molecule has 114 valence electrons. The summed E-state index contributed by atoms with van der Waals surface area (Å²) in [6, 6.07) is 7.82. The molecule has 2 N–H and O–H groups in total. The summed E-state index contributed by atoms with van der Waals surface area (Å²) in [6.07, 6.45) is 4.76. The van der Waals surface area contributed by atoms with Crippen molar-refractivity contribution in [2.24, 2.45) is 11.8 Å². The van der Waals surface area contributed by atoms with Crippen LogP contribution in [0, 0.1) is 11.8 Å². The monoisotopic (exact) mass is 296 g/mol. The molecule has 4 rings (SSSR count). The number of nitrogens with one attached hydrogen (secondary N) is 2. The fourth-order valence-corrected chi connectivity index (χ4v) is 3.62. The lowest BCUT2D eigenvalue weighted by Gasteiger charge is -2.34. The molecule has 22 heavy (non-hydrogen) atoms. The van der Waals surface area contributed by atoms with Crippen LogP contribution in [0.5, 0.6) is 0 Å². The maximum atomic E-state index is 12.7. The Balaban J connectivity index is 1.48. The van der Waals surface area contributed by atoms with Crippen LogP contribution < -0.4 is 5.32 Å². The number of benzene rings is 1. The minimum absolute atomic E-state index is 0.157. The molecule has 5 nitrogen and oxygen atoms in total. The molecule has 2 fully saturated rings. The normalized spacial score (nSPS) is 24.3. The van der Waals surface area contributed by atoms with Gasteiger partial charge in [0, 0.05) is 30.4 Å². The predicted molar refractivity (Wildman–Crippen MR) is 84.4 cm³/mol. The van der Waals surface area contributed by atoms with E-state index in [1.54, 1.807) is 6.20 Å². The molecule has 0 saturated carbocycles. The minimum Gasteiger partial charge on any atom is -0.338 e. The molecule has 1 aromatic heterocycles. The zero-order valence-electron chi connectivity index (χ0n) is 12.5. The molecule has 0 bridgehead atoms. The molecule has 2 saturated heterocycles. The molecule has 0 unspecified atom stereocenters. The summed E-state index contributed by atoms with van der Waals surface area (Å²) in [5.74, 6) is 1.54. The molecule has 2 aromatic rings. The van der Waals surface area contributed by atoms with Crippen molar-refractivity contribution in [3.05, 3.63) is 42.2 Å². The topological polar surface area (TPSA) is 61.0 Å². The van der Waals surface area contributed by atoms with Crippen molar-refractivity contribution < 1.29 is 4.79 Å².